The standard InChI is InChI=1S/C19H19N5O2/c1-13-8-9-14(12-21-13)17-22-23-18(26-17)16-7-3-5-11-24(16)19(25)15-6-2-4-10-20-15/h2,4,6,8-10,12,16H,3,5,7,11H2,1H3. The van der Waals surface area contributed by atoms with Crippen LogP contribution in [0.25, 0.3) is 11.5 Å². The molecule has 7 nitrogen and oxygen atoms in total. The van der Waals surface area contributed by atoms with Crippen molar-refractivity contribution >= 4 is 5.91 Å². The highest BCUT2D eigenvalue weighted by Gasteiger charge is 2.33. The zero-order chi connectivity index (χ0) is 17.9. The van der Waals surface area contributed by atoms with Crippen molar-refractivity contribution in [3.05, 3.63) is 60.0 Å². The third-order valence-corrected chi connectivity index (χ3v) is 4.53. The fourth-order valence-electron chi connectivity index (χ4n) is 3.15. The molecule has 3 aromatic rings. The molecular formula is C19H19N5O2. The molecular weight excluding hydrogens is 330 g/mol. The van der Waals surface area contributed by atoms with Gasteiger partial charge in [-0.15, -0.1) is 10.2 Å². The molecule has 0 aromatic carbocycles. The summed E-state index contributed by atoms with van der Waals surface area (Å²) in [6, 6.07) is 8.91. The maximum atomic E-state index is 12.9. The van der Waals surface area contributed by atoms with Crippen LogP contribution in [0.4, 0.5) is 0 Å². The van der Waals surface area contributed by atoms with Crippen LogP contribution in [-0.2, 0) is 0 Å². The van der Waals surface area contributed by atoms with Crippen LogP contribution < -0.4 is 0 Å². The lowest BCUT2D eigenvalue weighted by Gasteiger charge is -2.33. The van der Waals surface area contributed by atoms with Gasteiger partial charge in [-0.1, -0.05) is 6.07 Å². The Labute approximate surface area is 151 Å². The van der Waals surface area contributed by atoms with Crippen LogP contribution >= 0.6 is 0 Å². The monoisotopic (exact) mass is 349 g/mol. The van der Waals surface area contributed by atoms with Gasteiger partial charge >= 0.3 is 0 Å². The zero-order valence-corrected chi connectivity index (χ0v) is 14.5. The molecule has 0 bridgehead atoms. The molecule has 0 radical (unpaired) electrons. The van der Waals surface area contributed by atoms with Crippen molar-refractivity contribution in [1.82, 2.24) is 25.1 Å². The first-order chi connectivity index (χ1) is 12.7. The van der Waals surface area contributed by atoms with Crippen LogP contribution in [0.2, 0.25) is 0 Å². The van der Waals surface area contributed by atoms with E-state index in [1.165, 1.54) is 0 Å². The van der Waals surface area contributed by atoms with E-state index in [4.69, 9.17) is 4.42 Å². The summed E-state index contributed by atoms with van der Waals surface area (Å²) in [5.41, 5.74) is 2.13. The van der Waals surface area contributed by atoms with Crippen LogP contribution in [0, 0.1) is 6.92 Å². The number of carbonyl (C=O) groups excluding carboxylic acids is 1. The van der Waals surface area contributed by atoms with E-state index in [1.54, 1.807) is 29.4 Å². The first kappa shape index (κ1) is 16.4. The van der Waals surface area contributed by atoms with Gasteiger partial charge in [0.1, 0.15) is 11.7 Å². The Morgan fingerprint density at radius 3 is 2.85 bits per heavy atom. The molecule has 1 aliphatic rings. The smallest absolute Gasteiger partial charge is 0.273 e. The molecule has 1 atom stereocenters. The lowest BCUT2D eigenvalue weighted by molar-refractivity contribution is 0.0566. The fourth-order valence-corrected chi connectivity index (χ4v) is 3.15. The molecule has 3 aromatic heterocycles. The molecule has 7 heteroatoms. The van der Waals surface area contributed by atoms with Crippen molar-refractivity contribution in [2.45, 2.75) is 32.2 Å². The Morgan fingerprint density at radius 1 is 1.15 bits per heavy atom. The minimum absolute atomic E-state index is 0.105. The number of hydrogen-bond donors (Lipinski definition) is 0. The summed E-state index contributed by atoms with van der Waals surface area (Å²) in [6.45, 7) is 2.58. The highest BCUT2D eigenvalue weighted by molar-refractivity contribution is 5.92. The van der Waals surface area contributed by atoms with Gasteiger partial charge in [0.15, 0.2) is 0 Å². The minimum atomic E-state index is -0.224. The van der Waals surface area contributed by atoms with E-state index in [2.05, 4.69) is 20.2 Å². The van der Waals surface area contributed by atoms with Crippen molar-refractivity contribution < 1.29 is 9.21 Å². The summed E-state index contributed by atoms with van der Waals surface area (Å²) in [6.07, 6.45) is 6.11. The molecule has 1 saturated heterocycles. The van der Waals surface area contributed by atoms with Crippen molar-refractivity contribution in [3.63, 3.8) is 0 Å². The van der Waals surface area contributed by atoms with Crippen LogP contribution in [-0.4, -0.2) is 37.5 Å². The summed E-state index contributed by atoms with van der Waals surface area (Å²) >= 11 is 0. The van der Waals surface area contributed by atoms with Crippen molar-refractivity contribution in [1.29, 1.82) is 0 Å². The Bertz CT molecular complexity index is 892. The Balaban J connectivity index is 1.61. The van der Waals surface area contributed by atoms with Crippen LogP contribution in [0.1, 0.15) is 47.4 Å². The number of rotatable bonds is 3. The number of likely N-dealkylation sites (tertiary alicyclic amines) is 1. The van der Waals surface area contributed by atoms with Gasteiger partial charge in [0.05, 0.1) is 5.56 Å². The molecule has 1 amide bonds. The first-order valence-corrected chi connectivity index (χ1v) is 8.71. The molecule has 0 aliphatic carbocycles. The van der Waals surface area contributed by atoms with Crippen LogP contribution in [0.5, 0.6) is 0 Å². The van der Waals surface area contributed by atoms with E-state index >= 15 is 0 Å². The minimum Gasteiger partial charge on any atom is -0.418 e. The summed E-state index contributed by atoms with van der Waals surface area (Å²) in [7, 11) is 0. The van der Waals surface area contributed by atoms with Crippen LogP contribution in [0.3, 0.4) is 0 Å². The Kier molecular flexibility index (Phi) is 4.43. The van der Waals surface area contributed by atoms with Gasteiger partial charge in [0, 0.05) is 24.6 Å². The first-order valence-electron chi connectivity index (χ1n) is 8.71. The second-order valence-corrected chi connectivity index (χ2v) is 6.36. The quantitative estimate of drug-likeness (QED) is 0.722. The van der Waals surface area contributed by atoms with Gasteiger partial charge in [-0.3, -0.25) is 14.8 Å². The predicted octanol–water partition coefficient (Wildman–Crippen LogP) is 3.20. The van der Waals surface area contributed by atoms with Crippen molar-refractivity contribution in [2.75, 3.05) is 6.54 Å². The van der Waals surface area contributed by atoms with Gasteiger partial charge in [0.2, 0.25) is 11.8 Å². The van der Waals surface area contributed by atoms with E-state index < -0.39 is 0 Å². The molecule has 1 unspecified atom stereocenters. The molecule has 4 heterocycles. The van der Waals surface area contributed by atoms with Gasteiger partial charge in [-0.25, -0.2) is 0 Å². The van der Waals surface area contributed by atoms with E-state index in [0.29, 0.717) is 24.0 Å². The molecule has 1 aliphatic heterocycles. The molecule has 0 spiro atoms. The maximum absolute atomic E-state index is 12.9. The number of amides is 1. The number of pyridine rings is 2. The highest BCUT2D eigenvalue weighted by Crippen LogP contribution is 2.32. The summed E-state index contributed by atoms with van der Waals surface area (Å²) in [4.78, 5) is 23.1. The molecule has 0 N–H and O–H groups in total. The Morgan fingerprint density at radius 2 is 2.08 bits per heavy atom. The van der Waals surface area contributed by atoms with Gasteiger partial charge in [-0.2, -0.15) is 0 Å². The van der Waals surface area contributed by atoms with E-state index in [0.717, 1.165) is 30.5 Å². The van der Waals surface area contributed by atoms with Crippen LogP contribution in [0.15, 0.2) is 47.1 Å². The number of hydrogen-bond acceptors (Lipinski definition) is 6. The highest BCUT2D eigenvalue weighted by atomic mass is 16.4. The topological polar surface area (TPSA) is 85.0 Å². The third kappa shape index (κ3) is 3.20. The fraction of sp³-hybridized carbons (Fsp3) is 0.316. The Hall–Kier alpha value is -3.09. The number of carbonyl (C=O) groups is 1. The van der Waals surface area contributed by atoms with Crippen molar-refractivity contribution in [3.8, 4) is 11.5 Å². The normalized spacial score (nSPS) is 17.3. The van der Waals surface area contributed by atoms with Gasteiger partial charge in [0.25, 0.3) is 5.91 Å². The van der Waals surface area contributed by atoms with E-state index in [9.17, 15) is 4.79 Å². The molecule has 26 heavy (non-hydrogen) atoms. The summed E-state index contributed by atoms with van der Waals surface area (Å²) in [5.74, 6) is 0.778. The largest absolute Gasteiger partial charge is 0.418 e. The van der Waals surface area contributed by atoms with E-state index in [-0.39, 0.29) is 11.9 Å². The lowest BCUT2D eigenvalue weighted by atomic mass is 10.0. The predicted molar refractivity (Wildman–Crippen MR) is 94.1 cm³/mol. The molecule has 0 saturated carbocycles. The SMILES string of the molecule is Cc1ccc(-c2nnc(C3CCCCN3C(=O)c3ccccn3)o2)cn1. The summed E-state index contributed by atoms with van der Waals surface area (Å²) in [5, 5.41) is 8.35. The average Bonchev–Trinajstić information content (AvgIpc) is 3.19. The van der Waals surface area contributed by atoms with Gasteiger partial charge < -0.3 is 9.32 Å². The molecule has 132 valence electrons. The van der Waals surface area contributed by atoms with Gasteiger partial charge in [-0.05, 0) is 50.5 Å². The third-order valence-electron chi connectivity index (χ3n) is 4.53. The average molecular weight is 349 g/mol. The number of aryl methyl sites for hydroxylation is 1. The van der Waals surface area contributed by atoms with E-state index in [1.807, 2.05) is 25.1 Å². The second-order valence-electron chi connectivity index (χ2n) is 6.36. The number of piperidine rings is 1. The maximum Gasteiger partial charge on any atom is 0.273 e. The lowest BCUT2D eigenvalue weighted by Crippen LogP contribution is -2.39. The van der Waals surface area contributed by atoms with Crippen molar-refractivity contribution in [2.24, 2.45) is 0 Å². The number of aromatic nitrogens is 4. The number of nitrogens with zero attached hydrogens (tertiary/aromatic N) is 5. The zero-order valence-electron chi connectivity index (χ0n) is 14.5. The second kappa shape index (κ2) is 7.03. The molecule has 4 rings (SSSR count). The molecule has 1 fully saturated rings. The summed E-state index contributed by atoms with van der Waals surface area (Å²) < 4.78 is 5.89.